The normalized spacial score (nSPS) is 10.7. The van der Waals surface area contributed by atoms with Crippen molar-refractivity contribution in [1.82, 2.24) is 0 Å². The summed E-state index contributed by atoms with van der Waals surface area (Å²) in [6, 6.07) is 0. The molecule has 0 fully saturated rings. The standard InChI is InChI=1S/C8H12O5/c1-5(9)4-13-7(12)8(2,3)6(10)11/h4H2,1-3H3,(H,10,11). The van der Waals surface area contributed by atoms with Crippen LogP contribution in [0.1, 0.15) is 20.8 Å². The number of aliphatic carboxylic acids is 1. The predicted octanol–water partition coefficient (Wildman–Crippen LogP) is 0.229. The van der Waals surface area contributed by atoms with Gasteiger partial charge in [0.2, 0.25) is 0 Å². The van der Waals surface area contributed by atoms with Crippen molar-refractivity contribution >= 4 is 17.7 Å². The van der Waals surface area contributed by atoms with E-state index in [-0.39, 0.29) is 12.4 Å². The summed E-state index contributed by atoms with van der Waals surface area (Å²) in [6.45, 7) is 3.31. The van der Waals surface area contributed by atoms with Crippen LogP contribution in [-0.2, 0) is 19.1 Å². The Kier molecular flexibility index (Phi) is 3.59. The molecule has 0 aromatic carbocycles. The van der Waals surface area contributed by atoms with Crippen molar-refractivity contribution in [2.24, 2.45) is 5.41 Å². The first kappa shape index (κ1) is 11.6. The third-order valence-corrected chi connectivity index (χ3v) is 1.45. The van der Waals surface area contributed by atoms with Crippen molar-refractivity contribution in [3.05, 3.63) is 0 Å². The average Bonchev–Trinajstić information content (AvgIpc) is 1.99. The van der Waals surface area contributed by atoms with E-state index in [0.717, 1.165) is 0 Å². The first-order chi connectivity index (χ1) is 5.78. The fraction of sp³-hybridized carbons (Fsp3) is 0.625. The Hall–Kier alpha value is -1.39. The lowest BCUT2D eigenvalue weighted by atomic mass is 9.94. The van der Waals surface area contributed by atoms with Crippen LogP contribution < -0.4 is 0 Å². The van der Waals surface area contributed by atoms with Crippen LogP contribution in [0.3, 0.4) is 0 Å². The number of hydrogen-bond donors (Lipinski definition) is 1. The van der Waals surface area contributed by atoms with Crippen LogP contribution in [0.25, 0.3) is 0 Å². The molecule has 0 atom stereocenters. The Morgan fingerprint density at radius 3 is 2.08 bits per heavy atom. The van der Waals surface area contributed by atoms with Gasteiger partial charge in [0.15, 0.2) is 11.2 Å². The molecule has 0 aromatic rings. The zero-order chi connectivity index (χ0) is 10.6. The van der Waals surface area contributed by atoms with E-state index in [1.807, 2.05) is 0 Å². The van der Waals surface area contributed by atoms with E-state index in [2.05, 4.69) is 4.74 Å². The van der Waals surface area contributed by atoms with E-state index in [4.69, 9.17) is 5.11 Å². The second-order valence-electron chi connectivity index (χ2n) is 3.21. The van der Waals surface area contributed by atoms with Crippen molar-refractivity contribution in [3.8, 4) is 0 Å². The molecule has 0 spiro atoms. The quantitative estimate of drug-likeness (QED) is 0.504. The molecule has 1 N–H and O–H groups in total. The van der Waals surface area contributed by atoms with Gasteiger partial charge in [-0.1, -0.05) is 0 Å². The number of hydrogen-bond acceptors (Lipinski definition) is 4. The third-order valence-electron chi connectivity index (χ3n) is 1.45. The maximum absolute atomic E-state index is 11.1. The van der Waals surface area contributed by atoms with Crippen LogP contribution in [-0.4, -0.2) is 29.4 Å². The fourth-order valence-corrected chi connectivity index (χ4v) is 0.435. The highest BCUT2D eigenvalue weighted by Gasteiger charge is 2.37. The second kappa shape index (κ2) is 4.02. The lowest BCUT2D eigenvalue weighted by molar-refractivity contribution is -0.167. The monoisotopic (exact) mass is 188 g/mol. The highest BCUT2D eigenvalue weighted by atomic mass is 16.5. The van der Waals surface area contributed by atoms with Gasteiger partial charge in [-0.2, -0.15) is 0 Å². The lowest BCUT2D eigenvalue weighted by Gasteiger charge is -2.16. The SMILES string of the molecule is CC(=O)COC(=O)C(C)(C)C(=O)O. The van der Waals surface area contributed by atoms with Gasteiger partial charge in [0.05, 0.1) is 0 Å². The minimum absolute atomic E-state index is 0.325. The summed E-state index contributed by atoms with van der Waals surface area (Å²) in [7, 11) is 0. The summed E-state index contributed by atoms with van der Waals surface area (Å²) in [5.74, 6) is -2.51. The number of carboxylic acid groups (broad SMARTS) is 1. The number of ether oxygens (including phenoxy) is 1. The topological polar surface area (TPSA) is 80.7 Å². The summed E-state index contributed by atoms with van der Waals surface area (Å²) < 4.78 is 4.46. The summed E-state index contributed by atoms with van der Waals surface area (Å²) in [5.41, 5.74) is -1.60. The number of carboxylic acids is 1. The lowest BCUT2D eigenvalue weighted by Crippen LogP contribution is -2.35. The maximum atomic E-state index is 11.1. The van der Waals surface area contributed by atoms with Crippen molar-refractivity contribution in [1.29, 1.82) is 0 Å². The Bertz CT molecular complexity index is 241. The summed E-state index contributed by atoms with van der Waals surface area (Å²) in [6.07, 6.45) is 0. The maximum Gasteiger partial charge on any atom is 0.323 e. The predicted molar refractivity (Wildman–Crippen MR) is 43.1 cm³/mol. The number of ketones is 1. The largest absolute Gasteiger partial charge is 0.480 e. The van der Waals surface area contributed by atoms with Gasteiger partial charge >= 0.3 is 11.9 Å². The van der Waals surface area contributed by atoms with E-state index in [1.54, 1.807) is 0 Å². The second-order valence-corrected chi connectivity index (χ2v) is 3.21. The van der Waals surface area contributed by atoms with E-state index in [1.165, 1.54) is 20.8 Å². The van der Waals surface area contributed by atoms with Crippen LogP contribution in [0.2, 0.25) is 0 Å². The van der Waals surface area contributed by atoms with E-state index in [9.17, 15) is 14.4 Å². The van der Waals surface area contributed by atoms with Gasteiger partial charge in [-0.15, -0.1) is 0 Å². The summed E-state index contributed by atoms with van der Waals surface area (Å²) in [4.78, 5) is 32.0. The van der Waals surface area contributed by atoms with Gasteiger partial charge < -0.3 is 9.84 Å². The molecule has 5 nitrogen and oxygen atoms in total. The molecular formula is C8H12O5. The number of Topliss-reactive ketones (excluding diaryl/α,β-unsaturated/α-hetero) is 1. The molecule has 0 saturated heterocycles. The van der Waals surface area contributed by atoms with Gasteiger partial charge in [0.25, 0.3) is 0 Å². The number of carbonyl (C=O) groups excluding carboxylic acids is 2. The van der Waals surface area contributed by atoms with Crippen molar-refractivity contribution in [2.75, 3.05) is 6.61 Å². The van der Waals surface area contributed by atoms with Crippen LogP contribution in [0.15, 0.2) is 0 Å². The van der Waals surface area contributed by atoms with E-state index < -0.39 is 17.4 Å². The third kappa shape index (κ3) is 3.23. The molecule has 0 aliphatic rings. The molecule has 0 rings (SSSR count). The minimum Gasteiger partial charge on any atom is -0.480 e. The molecule has 74 valence electrons. The zero-order valence-electron chi connectivity index (χ0n) is 7.79. The van der Waals surface area contributed by atoms with Crippen molar-refractivity contribution in [3.63, 3.8) is 0 Å². The molecule has 5 heteroatoms. The minimum atomic E-state index is -1.60. The molecule has 0 aliphatic heterocycles. The highest BCUT2D eigenvalue weighted by molar-refractivity contribution is 5.98. The molecule has 0 saturated carbocycles. The van der Waals surface area contributed by atoms with Gasteiger partial charge in [-0.25, -0.2) is 0 Å². The van der Waals surface area contributed by atoms with Crippen LogP contribution in [0.5, 0.6) is 0 Å². The average molecular weight is 188 g/mol. The molecular weight excluding hydrogens is 176 g/mol. The van der Waals surface area contributed by atoms with Crippen molar-refractivity contribution < 1.29 is 24.2 Å². The summed E-state index contributed by atoms with van der Waals surface area (Å²) in [5, 5.41) is 8.59. The number of carbonyl (C=O) groups is 3. The zero-order valence-corrected chi connectivity index (χ0v) is 7.79. The molecule has 0 aliphatic carbocycles. The summed E-state index contributed by atoms with van der Waals surface area (Å²) >= 11 is 0. The Labute approximate surface area is 75.7 Å². The van der Waals surface area contributed by atoms with E-state index >= 15 is 0 Å². The van der Waals surface area contributed by atoms with Gasteiger partial charge in [0.1, 0.15) is 6.61 Å². The van der Waals surface area contributed by atoms with Gasteiger partial charge in [-0.3, -0.25) is 14.4 Å². The molecule has 0 unspecified atom stereocenters. The Balaban J connectivity index is 4.26. The fourth-order valence-electron chi connectivity index (χ4n) is 0.435. The smallest absolute Gasteiger partial charge is 0.323 e. The molecule has 0 radical (unpaired) electrons. The van der Waals surface area contributed by atoms with Crippen LogP contribution >= 0.6 is 0 Å². The Morgan fingerprint density at radius 1 is 1.31 bits per heavy atom. The number of rotatable bonds is 4. The van der Waals surface area contributed by atoms with Crippen LogP contribution in [0, 0.1) is 5.41 Å². The Morgan fingerprint density at radius 2 is 1.77 bits per heavy atom. The molecule has 0 amide bonds. The first-order valence-corrected chi connectivity index (χ1v) is 3.68. The molecule has 13 heavy (non-hydrogen) atoms. The molecule has 0 heterocycles. The molecule has 0 bridgehead atoms. The van der Waals surface area contributed by atoms with Crippen molar-refractivity contribution in [2.45, 2.75) is 20.8 Å². The number of esters is 1. The van der Waals surface area contributed by atoms with Crippen LogP contribution in [0.4, 0.5) is 0 Å². The van der Waals surface area contributed by atoms with E-state index in [0.29, 0.717) is 0 Å². The highest BCUT2D eigenvalue weighted by Crippen LogP contribution is 2.16. The van der Waals surface area contributed by atoms with Gasteiger partial charge in [-0.05, 0) is 20.8 Å². The first-order valence-electron chi connectivity index (χ1n) is 3.68. The van der Waals surface area contributed by atoms with Gasteiger partial charge in [0, 0.05) is 0 Å². The molecule has 0 aromatic heterocycles.